The van der Waals surface area contributed by atoms with Crippen LogP contribution in [0.5, 0.6) is 0 Å². The summed E-state index contributed by atoms with van der Waals surface area (Å²) >= 11 is 17.2. The van der Waals surface area contributed by atoms with Gasteiger partial charge in [-0.3, -0.25) is 5.10 Å². The summed E-state index contributed by atoms with van der Waals surface area (Å²) < 4.78 is 2.02. The third-order valence-electron chi connectivity index (χ3n) is 2.49. The van der Waals surface area contributed by atoms with E-state index in [1.54, 1.807) is 17.0 Å². The first-order valence-electron chi connectivity index (χ1n) is 5.66. The zero-order valence-electron chi connectivity index (χ0n) is 10.4. The molecule has 100 valence electrons. The fourth-order valence-electron chi connectivity index (χ4n) is 1.53. The van der Waals surface area contributed by atoms with Crippen molar-refractivity contribution in [2.24, 2.45) is 5.10 Å². The summed E-state index contributed by atoms with van der Waals surface area (Å²) in [4.78, 5) is 0. The Bertz CT molecular complexity index is 673. The molecule has 0 fully saturated rings. The Labute approximate surface area is 126 Å². The summed E-state index contributed by atoms with van der Waals surface area (Å²) in [6.07, 6.45) is 1.62. The van der Waals surface area contributed by atoms with E-state index < -0.39 is 0 Å². The highest BCUT2D eigenvalue weighted by molar-refractivity contribution is 7.71. The van der Waals surface area contributed by atoms with Crippen LogP contribution in [0.2, 0.25) is 10.0 Å². The minimum absolute atomic E-state index is 0.208. The van der Waals surface area contributed by atoms with Gasteiger partial charge in [0.2, 0.25) is 4.77 Å². The van der Waals surface area contributed by atoms with Crippen LogP contribution in [0.3, 0.4) is 0 Å². The summed E-state index contributed by atoms with van der Waals surface area (Å²) in [6, 6.07) is 5.37. The molecule has 4 nitrogen and oxygen atoms in total. The van der Waals surface area contributed by atoms with Gasteiger partial charge in [0, 0.05) is 11.5 Å². The van der Waals surface area contributed by atoms with Gasteiger partial charge in [0.1, 0.15) is 0 Å². The highest BCUT2D eigenvalue weighted by atomic mass is 35.5. The Morgan fingerprint density at radius 3 is 2.84 bits per heavy atom. The first kappa shape index (κ1) is 14.2. The van der Waals surface area contributed by atoms with Gasteiger partial charge in [-0.05, 0) is 18.3 Å². The van der Waals surface area contributed by atoms with Crippen molar-refractivity contribution in [2.75, 3.05) is 0 Å². The van der Waals surface area contributed by atoms with Gasteiger partial charge in [0.15, 0.2) is 5.82 Å². The lowest BCUT2D eigenvalue weighted by molar-refractivity contribution is 0.695. The van der Waals surface area contributed by atoms with E-state index >= 15 is 0 Å². The second-order valence-corrected chi connectivity index (χ2v) is 5.41. The maximum Gasteiger partial charge on any atom is 0.216 e. The Hall–Kier alpha value is -1.17. The van der Waals surface area contributed by atoms with Crippen molar-refractivity contribution >= 4 is 41.6 Å². The lowest BCUT2D eigenvalue weighted by Crippen LogP contribution is -2.01. The van der Waals surface area contributed by atoms with Gasteiger partial charge in [0.05, 0.1) is 16.3 Å². The number of H-pyrrole nitrogens is 1. The molecule has 0 amide bonds. The van der Waals surface area contributed by atoms with Gasteiger partial charge < -0.3 is 0 Å². The van der Waals surface area contributed by atoms with Crippen LogP contribution in [0, 0.1) is 4.77 Å². The summed E-state index contributed by atoms with van der Waals surface area (Å²) in [5.74, 6) is 0.972. The number of nitrogens with one attached hydrogen (secondary N) is 1. The molecule has 0 aliphatic heterocycles. The quantitative estimate of drug-likeness (QED) is 0.680. The van der Waals surface area contributed by atoms with Crippen molar-refractivity contribution < 1.29 is 0 Å². The van der Waals surface area contributed by atoms with Crippen LogP contribution in [-0.4, -0.2) is 21.1 Å². The molecule has 1 N–H and O–H groups in total. The molecule has 0 aliphatic rings. The molecule has 2 aromatic rings. The molecule has 0 atom stereocenters. The number of hydrogen-bond acceptors (Lipinski definition) is 3. The van der Waals surface area contributed by atoms with E-state index in [9.17, 15) is 0 Å². The second-order valence-electron chi connectivity index (χ2n) is 4.24. The topological polar surface area (TPSA) is 46.0 Å². The van der Waals surface area contributed by atoms with Crippen molar-refractivity contribution in [2.45, 2.75) is 19.8 Å². The highest BCUT2D eigenvalue weighted by Crippen LogP contribution is 2.24. The Morgan fingerprint density at radius 2 is 2.16 bits per heavy atom. The molecule has 0 aliphatic carbocycles. The van der Waals surface area contributed by atoms with E-state index in [0.29, 0.717) is 14.8 Å². The zero-order valence-corrected chi connectivity index (χ0v) is 12.7. The molecular weight excluding hydrogens is 303 g/mol. The molecule has 0 saturated carbocycles. The van der Waals surface area contributed by atoms with Crippen LogP contribution in [-0.2, 0) is 0 Å². The lowest BCUT2D eigenvalue weighted by atomic mass is 10.2. The Balaban J connectivity index is 2.41. The third-order valence-corrected chi connectivity index (χ3v) is 3.58. The van der Waals surface area contributed by atoms with Gasteiger partial charge in [-0.15, -0.1) is 0 Å². The molecule has 7 heteroatoms. The monoisotopic (exact) mass is 314 g/mol. The number of aromatic nitrogens is 3. The summed E-state index contributed by atoms with van der Waals surface area (Å²) in [5.41, 5.74) is 0.729. The van der Waals surface area contributed by atoms with Crippen LogP contribution in [0.1, 0.15) is 31.2 Å². The van der Waals surface area contributed by atoms with Crippen molar-refractivity contribution in [3.8, 4) is 0 Å². The third kappa shape index (κ3) is 3.05. The van der Waals surface area contributed by atoms with Crippen molar-refractivity contribution in [3.05, 3.63) is 44.4 Å². The van der Waals surface area contributed by atoms with Crippen LogP contribution < -0.4 is 0 Å². The van der Waals surface area contributed by atoms with Gasteiger partial charge in [-0.2, -0.15) is 14.9 Å². The second kappa shape index (κ2) is 5.86. The molecule has 0 unspecified atom stereocenters. The average molecular weight is 315 g/mol. The molecule has 2 rings (SSSR count). The minimum Gasteiger partial charge on any atom is -0.250 e. The number of nitrogens with zero attached hydrogens (tertiary/aromatic N) is 3. The van der Waals surface area contributed by atoms with E-state index in [1.807, 2.05) is 26.0 Å². The SMILES string of the molecule is CC(C)c1n[nH]c(=S)n1/N=C\c1cccc(Cl)c1Cl. The minimum atomic E-state index is 0.208. The smallest absolute Gasteiger partial charge is 0.216 e. The largest absolute Gasteiger partial charge is 0.250 e. The first-order valence-corrected chi connectivity index (χ1v) is 6.82. The van der Waals surface area contributed by atoms with E-state index in [2.05, 4.69) is 15.3 Å². The molecule has 1 aromatic carbocycles. The van der Waals surface area contributed by atoms with Gasteiger partial charge in [-0.1, -0.05) is 49.2 Å². The number of rotatable bonds is 3. The van der Waals surface area contributed by atoms with Gasteiger partial charge >= 0.3 is 0 Å². The van der Waals surface area contributed by atoms with E-state index in [4.69, 9.17) is 35.4 Å². The fraction of sp³-hybridized carbons (Fsp3) is 0.250. The predicted octanol–water partition coefficient (Wildman–Crippen LogP) is 4.25. The summed E-state index contributed by atoms with van der Waals surface area (Å²) in [6.45, 7) is 4.03. The van der Waals surface area contributed by atoms with Crippen molar-refractivity contribution in [3.63, 3.8) is 0 Å². The molecule has 1 heterocycles. The molecule has 0 spiro atoms. The molecule has 1 aromatic heterocycles. The maximum absolute atomic E-state index is 6.09. The normalized spacial score (nSPS) is 11.6. The number of aromatic amines is 1. The average Bonchev–Trinajstić information content (AvgIpc) is 2.73. The van der Waals surface area contributed by atoms with Crippen LogP contribution in [0.25, 0.3) is 0 Å². The molecule has 0 bridgehead atoms. The lowest BCUT2D eigenvalue weighted by Gasteiger charge is -2.03. The van der Waals surface area contributed by atoms with E-state index in [0.717, 1.165) is 11.4 Å². The number of halogens is 2. The van der Waals surface area contributed by atoms with Crippen LogP contribution in [0.4, 0.5) is 0 Å². The van der Waals surface area contributed by atoms with Crippen LogP contribution in [0.15, 0.2) is 23.3 Å². The fourth-order valence-corrected chi connectivity index (χ4v) is 2.07. The molecular formula is C12H12Cl2N4S. The summed E-state index contributed by atoms with van der Waals surface area (Å²) in [7, 11) is 0. The zero-order chi connectivity index (χ0) is 14.0. The van der Waals surface area contributed by atoms with Crippen molar-refractivity contribution in [1.82, 2.24) is 14.9 Å². The van der Waals surface area contributed by atoms with Gasteiger partial charge in [-0.25, -0.2) is 0 Å². The highest BCUT2D eigenvalue weighted by Gasteiger charge is 2.09. The molecule has 19 heavy (non-hydrogen) atoms. The predicted molar refractivity (Wildman–Crippen MR) is 81.0 cm³/mol. The van der Waals surface area contributed by atoms with E-state index in [-0.39, 0.29) is 5.92 Å². The number of hydrogen-bond donors (Lipinski definition) is 1. The molecule has 0 saturated heterocycles. The number of benzene rings is 1. The maximum atomic E-state index is 6.09. The van der Waals surface area contributed by atoms with Crippen molar-refractivity contribution in [1.29, 1.82) is 0 Å². The molecule has 0 radical (unpaired) electrons. The van der Waals surface area contributed by atoms with Crippen LogP contribution >= 0.6 is 35.4 Å². The first-order chi connectivity index (χ1) is 9.00. The Morgan fingerprint density at radius 1 is 1.42 bits per heavy atom. The standard InChI is InChI=1S/C12H12Cl2N4S/c1-7(2)11-16-17-12(19)18(11)15-6-8-4-3-5-9(13)10(8)14/h3-7H,1-2H3,(H,17,19)/b15-6-. The van der Waals surface area contributed by atoms with E-state index in [1.165, 1.54) is 0 Å². The van der Waals surface area contributed by atoms with Gasteiger partial charge in [0.25, 0.3) is 0 Å². The Kier molecular flexibility index (Phi) is 4.39. The summed E-state index contributed by atoms with van der Waals surface area (Å²) in [5, 5.41) is 12.1.